The summed E-state index contributed by atoms with van der Waals surface area (Å²) in [6.07, 6.45) is 7.55. The lowest BCUT2D eigenvalue weighted by atomic mass is 10.0. The van der Waals surface area contributed by atoms with Crippen LogP contribution in [0.1, 0.15) is 21.6 Å². The zero-order valence-electron chi connectivity index (χ0n) is 16.9. The Morgan fingerprint density at radius 3 is 2.48 bits per heavy atom. The van der Waals surface area contributed by atoms with Gasteiger partial charge in [0.15, 0.2) is 11.6 Å². The Morgan fingerprint density at radius 1 is 0.903 bits per heavy atom. The van der Waals surface area contributed by atoms with Crippen molar-refractivity contribution in [3.63, 3.8) is 0 Å². The molecule has 4 N–H and O–H groups in total. The number of nitrogen functional groups attached to an aromatic ring is 1. The van der Waals surface area contributed by atoms with Gasteiger partial charge in [-0.05, 0) is 42.3 Å². The number of carbonyl (C=O) groups is 1. The van der Waals surface area contributed by atoms with E-state index in [1.165, 1.54) is 0 Å². The highest BCUT2D eigenvalue weighted by Gasteiger charge is 2.18. The van der Waals surface area contributed by atoms with E-state index >= 15 is 0 Å². The molecule has 3 aromatic heterocycles. The van der Waals surface area contributed by atoms with Crippen molar-refractivity contribution in [2.75, 3.05) is 12.3 Å². The normalized spacial score (nSPS) is 10.7. The van der Waals surface area contributed by atoms with Gasteiger partial charge in [-0.3, -0.25) is 14.8 Å². The summed E-state index contributed by atoms with van der Waals surface area (Å²) < 4.78 is 0. The van der Waals surface area contributed by atoms with Crippen molar-refractivity contribution in [3.8, 4) is 22.5 Å². The molecule has 1 aromatic carbocycles. The molecule has 0 spiro atoms. The van der Waals surface area contributed by atoms with Crippen LogP contribution < -0.4 is 11.5 Å². The van der Waals surface area contributed by atoms with E-state index in [4.69, 9.17) is 11.5 Å². The number of rotatable bonds is 7. The SMILES string of the molecule is NCCc1ccc(-c2cnc(N)c(C(=O)Cc3cnccc3-c3ccccn3)n2)cc1. The highest BCUT2D eigenvalue weighted by Crippen LogP contribution is 2.24. The van der Waals surface area contributed by atoms with Gasteiger partial charge in [-0.25, -0.2) is 9.97 Å². The molecule has 0 bridgehead atoms. The van der Waals surface area contributed by atoms with Crippen LogP contribution in [-0.4, -0.2) is 32.3 Å². The minimum absolute atomic E-state index is 0.0948. The second kappa shape index (κ2) is 9.23. The molecule has 0 saturated carbocycles. The van der Waals surface area contributed by atoms with Crippen LogP contribution in [0, 0.1) is 0 Å². The second-order valence-electron chi connectivity index (χ2n) is 7.07. The quantitative estimate of drug-likeness (QED) is 0.449. The first-order chi connectivity index (χ1) is 15.2. The second-order valence-corrected chi connectivity index (χ2v) is 7.07. The van der Waals surface area contributed by atoms with Crippen LogP contribution in [0.3, 0.4) is 0 Å². The maximum Gasteiger partial charge on any atom is 0.189 e. The standard InChI is InChI=1S/C24H22N6O/c25-10-8-16-4-6-17(7-5-16)21-15-29-24(26)23(30-21)22(31)13-18-14-27-12-9-19(18)20-3-1-2-11-28-20/h1-7,9,11-12,14-15H,8,10,13,25H2,(H2,26,29). The molecule has 0 unspecified atom stereocenters. The van der Waals surface area contributed by atoms with Gasteiger partial charge in [-0.2, -0.15) is 0 Å². The first-order valence-electron chi connectivity index (χ1n) is 9.95. The zero-order chi connectivity index (χ0) is 21.6. The Labute approximate surface area is 180 Å². The van der Waals surface area contributed by atoms with Gasteiger partial charge in [0.05, 0.1) is 17.6 Å². The molecule has 154 valence electrons. The number of nitrogens with zero attached hydrogens (tertiary/aromatic N) is 4. The van der Waals surface area contributed by atoms with E-state index in [-0.39, 0.29) is 23.7 Å². The number of aromatic nitrogens is 4. The van der Waals surface area contributed by atoms with Gasteiger partial charge >= 0.3 is 0 Å². The lowest BCUT2D eigenvalue weighted by molar-refractivity contribution is 0.0989. The minimum atomic E-state index is -0.225. The van der Waals surface area contributed by atoms with Crippen molar-refractivity contribution >= 4 is 11.6 Å². The summed E-state index contributed by atoms with van der Waals surface area (Å²) in [4.78, 5) is 30.4. The summed E-state index contributed by atoms with van der Waals surface area (Å²) >= 11 is 0. The highest BCUT2D eigenvalue weighted by molar-refractivity contribution is 6.00. The lowest BCUT2D eigenvalue weighted by Crippen LogP contribution is -2.12. The zero-order valence-corrected chi connectivity index (χ0v) is 16.9. The molecule has 4 aromatic rings. The highest BCUT2D eigenvalue weighted by atomic mass is 16.1. The molecule has 0 fully saturated rings. The van der Waals surface area contributed by atoms with Gasteiger partial charge in [-0.15, -0.1) is 0 Å². The number of nitrogens with two attached hydrogens (primary N) is 2. The van der Waals surface area contributed by atoms with Crippen molar-refractivity contribution in [1.82, 2.24) is 19.9 Å². The van der Waals surface area contributed by atoms with Gasteiger partial charge in [0, 0.05) is 36.1 Å². The maximum atomic E-state index is 13.1. The largest absolute Gasteiger partial charge is 0.382 e. The molecule has 0 saturated heterocycles. The molecule has 7 nitrogen and oxygen atoms in total. The van der Waals surface area contributed by atoms with Crippen molar-refractivity contribution in [1.29, 1.82) is 0 Å². The first-order valence-corrected chi connectivity index (χ1v) is 9.95. The van der Waals surface area contributed by atoms with Crippen molar-refractivity contribution in [2.24, 2.45) is 5.73 Å². The number of benzene rings is 1. The third-order valence-corrected chi connectivity index (χ3v) is 4.94. The Balaban J connectivity index is 1.62. The summed E-state index contributed by atoms with van der Waals surface area (Å²) in [6, 6.07) is 15.4. The monoisotopic (exact) mass is 410 g/mol. The van der Waals surface area contributed by atoms with E-state index in [2.05, 4.69) is 19.9 Å². The fourth-order valence-electron chi connectivity index (χ4n) is 3.35. The van der Waals surface area contributed by atoms with Crippen LogP contribution in [-0.2, 0) is 12.8 Å². The summed E-state index contributed by atoms with van der Waals surface area (Å²) in [5.74, 6) is -0.117. The van der Waals surface area contributed by atoms with Crippen LogP contribution in [0.4, 0.5) is 5.82 Å². The van der Waals surface area contributed by atoms with Gasteiger partial charge in [-0.1, -0.05) is 30.3 Å². The van der Waals surface area contributed by atoms with Crippen LogP contribution >= 0.6 is 0 Å². The van der Waals surface area contributed by atoms with Gasteiger partial charge in [0.25, 0.3) is 0 Å². The molecule has 3 heterocycles. The molecule has 0 amide bonds. The molecule has 4 rings (SSSR count). The molecule has 0 atom stereocenters. The molecular weight excluding hydrogens is 388 g/mol. The third kappa shape index (κ3) is 4.62. The molecule has 0 radical (unpaired) electrons. The fourth-order valence-corrected chi connectivity index (χ4v) is 3.35. The molecule has 0 aliphatic carbocycles. The number of pyridine rings is 2. The predicted molar refractivity (Wildman–Crippen MR) is 120 cm³/mol. The predicted octanol–water partition coefficient (Wildman–Crippen LogP) is 3.11. The van der Waals surface area contributed by atoms with E-state index in [0.717, 1.165) is 34.4 Å². The molecule has 0 aliphatic rings. The Kier molecular flexibility index (Phi) is 6.05. The number of hydrogen-bond donors (Lipinski definition) is 2. The van der Waals surface area contributed by atoms with Crippen molar-refractivity contribution < 1.29 is 4.79 Å². The van der Waals surface area contributed by atoms with Gasteiger partial charge in [0.2, 0.25) is 0 Å². The molecule has 31 heavy (non-hydrogen) atoms. The third-order valence-electron chi connectivity index (χ3n) is 4.94. The van der Waals surface area contributed by atoms with E-state index in [0.29, 0.717) is 12.2 Å². The van der Waals surface area contributed by atoms with Crippen LogP contribution in [0.5, 0.6) is 0 Å². The average molecular weight is 410 g/mol. The minimum Gasteiger partial charge on any atom is -0.382 e. The first kappa shape index (κ1) is 20.3. The smallest absolute Gasteiger partial charge is 0.189 e. The number of Topliss-reactive ketones (excluding diaryl/α,β-unsaturated/α-hetero) is 1. The van der Waals surface area contributed by atoms with E-state index in [1.807, 2.05) is 48.5 Å². The van der Waals surface area contributed by atoms with E-state index in [9.17, 15) is 4.79 Å². The van der Waals surface area contributed by atoms with E-state index in [1.54, 1.807) is 24.8 Å². The summed E-state index contributed by atoms with van der Waals surface area (Å²) in [7, 11) is 0. The summed E-state index contributed by atoms with van der Waals surface area (Å²) in [5, 5.41) is 0. The van der Waals surface area contributed by atoms with Gasteiger partial charge in [0.1, 0.15) is 5.69 Å². The molecule has 7 heteroatoms. The van der Waals surface area contributed by atoms with Crippen molar-refractivity contribution in [2.45, 2.75) is 12.8 Å². The average Bonchev–Trinajstić information content (AvgIpc) is 2.81. The molecular formula is C24H22N6O. The van der Waals surface area contributed by atoms with Crippen LogP contribution in [0.25, 0.3) is 22.5 Å². The summed E-state index contributed by atoms with van der Waals surface area (Å²) in [6.45, 7) is 0.592. The Bertz CT molecular complexity index is 1190. The number of anilines is 1. The lowest BCUT2D eigenvalue weighted by Gasteiger charge is -2.10. The van der Waals surface area contributed by atoms with Crippen LogP contribution in [0.2, 0.25) is 0 Å². The fraction of sp³-hybridized carbons (Fsp3) is 0.125. The Hall–Kier alpha value is -3.97. The molecule has 0 aliphatic heterocycles. The number of carbonyl (C=O) groups excluding carboxylic acids is 1. The number of hydrogen-bond acceptors (Lipinski definition) is 7. The van der Waals surface area contributed by atoms with E-state index < -0.39 is 0 Å². The number of ketones is 1. The summed E-state index contributed by atoms with van der Waals surface area (Å²) in [5.41, 5.74) is 16.7. The van der Waals surface area contributed by atoms with Gasteiger partial charge < -0.3 is 11.5 Å². The van der Waals surface area contributed by atoms with Crippen LogP contribution in [0.15, 0.2) is 73.3 Å². The maximum absolute atomic E-state index is 13.1. The topological polar surface area (TPSA) is 121 Å². The Morgan fingerprint density at radius 2 is 1.74 bits per heavy atom. The van der Waals surface area contributed by atoms with Crippen molar-refractivity contribution in [3.05, 3.63) is 90.1 Å².